The summed E-state index contributed by atoms with van der Waals surface area (Å²) in [7, 11) is 0. The molecular formula is C15H20O. The second kappa shape index (κ2) is 4.42. The summed E-state index contributed by atoms with van der Waals surface area (Å²) in [5.41, 5.74) is 1.54. The highest BCUT2D eigenvalue weighted by Gasteiger charge is 2.41. The predicted molar refractivity (Wildman–Crippen MR) is 67.3 cm³/mol. The maximum atomic E-state index is 6.13. The van der Waals surface area contributed by atoms with Crippen molar-refractivity contribution in [1.29, 1.82) is 0 Å². The highest BCUT2D eigenvalue weighted by atomic mass is 16.5. The highest BCUT2D eigenvalue weighted by Crippen LogP contribution is 2.46. The van der Waals surface area contributed by atoms with Crippen LogP contribution in [0.5, 0.6) is 0 Å². The van der Waals surface area contributed by atoms with Crippen LogP contribution in [-0.2, 0) is 4.74 Å². The van der Waals surface area contributed by atoms with Crippen molar-refractivity contribution < 1.29 is 4.74 Å². The first kappa shape index (κ1) is 11.4. The monoisotopic (exact) mass is 216 g/mol. The van der Waals surface area contributed by atoms with Gasteiger partial charge in [0.1, 0.15) is 0 Å². The van der Waals surface area contributed by atoms with E-state index in [4.69, 9.17) is 4.74 Å². The van der Waals surface area contributed by atoms with E-state index in [-0.39, 0.29) is 11.5 Å². The van der Waals surface area contributed by atoms with E-state index < -0.39 is 0 Å². The molecule has 0 aliphatic carbocycles. The maximum Gasteiger partial charge on any atom is 0.0835 e. The van der Waals surface area contributed by atoms with Gasteiger partial charge in [0, 0.05) is 0 Å². The highest BCUT2D eigenvalue weighted by molar-refractivity contribution is 5.19. The zero-order valence-electron chi connectivity index (χ0n) is 10.1. The summed E-state index contributed by atoms with van der Waals surface area (Å²) in [4.78, 5) is 0. The molecule has 2 atom stereocenters. The Balaban J connectivity index is 2.14. The third-order valence-electron chi connectivity index (χ3n) is 3.46. The van der Waals surface area contributed by atoms with Crippen molar-refractivity contribution in [2.75, 3.05) is 0 Å². The summed E-state index contributed by atoms with van der Waals surface area (Å²) in [6.07, 6.45) is 4.54. The molecule has 1 aromatic carbocycles. The minimum absolute atomic E-state index is 0.245. The summed E-state index contributed by atoms with van der Waals surface area (Å²) >= 11 is 0. The van der Waals surface area contributed by atoms with Gasteiger partial charge in [0.05, 0.1) is 12.2 Å². The second-order valence-corrected chi connectivity index (χ2v) is 5.24. The lowest BCUT2D eigenvalue weighted by atomic mass is 9.82. The fourth-order valence-electron chi connectivity index (χ4n) is 2.43. The van der Waals surface area contributed by atoms with Crippen molar-refractivity contribution in [1.82, 2.24) is 0 Å². The van der Waals surface area contributed by atoms with Gasteiger partial charge in [0.2, 0.25) is 0 Å². The molecule has 0 spiro atoms. The molecule has 0 N–H and O–H groups in total. The van der Waals surface area contributed by atoms with Crippen LogP contribution in [0.3, 0.4) is 0 Å². The van der Waals surface area contributed by atoms with E-state index in [1.165, 1.54) is 5.56 Å². The van der Waals surface area contributed by atoms with Crippen LogP contribution in [0, 0.1) is 5.41 Å². The lowest BCUT2D eigenvalue weighted by Crippen LogP contribution is -2.23. The fourth-order valence-corrected chi connectivity index (χ4v) is 2.43. The van der Waals surface area contributed by atoms with E-state index in [9.17, 15) is 0 Å². The van der Waals surface area contributed by atoms with E-state index in [2.05, 4.69) is 44.7 Å². The van der Waals surface area contributed by atoms with Gasteiger partial charge in [-0.15, -0.1) is 6.58 Å². The molecular weight excluding hydrogens is 196 g/mol. The Morgan fingerprint density at radius 2 is 2.06 bits per heavy atom. The van der Waals surface area contributed by atoms with Gasteiger partial charge in [0.25, 0.3) is 0 Å². The molecule has 0 saturated carbocycles. The van der Waals surface area contributed by atoms with Gasteiger partial charge in [-0.3, -0.25) is 0 Å². The third-order valence-corrected chi connectivity index (χ3v) is 3.46. The predicted octanol–water partition coefficient (Wildman–Crippen LogP) is 4.12. The molecule has 16 heavy (non-hydrogen) atoms. The van der Waals surface area contributed by atoms with Crippen molar-refractivity contribution in [2.45, 2.75) is 38.9 Å². The molecule has 0 unspecified atom stereocenters. The second-order valence-electron chi connectivity index (χ2n) is 5.24. The molecule has 86 valence electrons. The summed E-state index contributed by atoms with van der Waals surface area (Å²) in [5.74, 6) is 0. The molecule has 1 nitrogen and oxygen atoms in total. The average Bonchev–Trinajstić information content (AvgIpc) is 2.57. The van der Waals surface area contributed by atoms with Crippen molar-refractivity contribution in [3.63, 3.8) is 0 Å². The van der Waals surface area contributed by atoms with E-state index in [0.717, 1.165) is 12.8 Å². The molecule has 1 fully saturated rings. The molecule has 0 bridgehead atoms. The minimum Gasteiger partial charge on any atom is -0.369 e. The Kier molecular flexibility index (Phi) is 3.15. The molecule has 1 aromatic rings. The van der Waals surface area contributed by atoms with Crippen LogP contribution in [0.15, 0.2) is 43.0 Å². The standard InChI is InChI=1S/C15H20O/c1-4-8-14-15(2,3)11-13(16-14)12-9-6-5-7-10-12/h4-7,9-10,13-14H,1,8,11H2,2-3H3/t13-,14+/m0/s1. The maximum absolute atomic E-state index is 6.13. The van der Waals surface area contributed by atoms with Crippen LogP contribution in [0.2, 0.25) is 0 Å². The summed E-state index contributed by atoms with van der Waals surface area (Å²) in [6.45, 7) is 8.37. The van der Waals surface area contributed by atoms with E-state index in [1.54, 1.807) is 0 Å². The molecule has 1 heterocycles. The van der Waals surface area contributed by atoms with Crippen molar-refractivity contribution in [3.05, 3.63) is 48.6 Å². The first-order chi connectivity index (χ1) is 7.63. The summed E-state index contributed by atoms with van der Waals surface area (Å²) < 4.78 is 6.13. The number of rotatable bonds is 3. The average molecular weight is 216 g/mol. The van der Waals surface area contributed by atoms with Gasteiger partial charge in [-0.2, -0.15) is 0 Å². The van der Waals surface area contributed by atoms with Crippen LogP contribution >= 0.6 is 0 Å². The molecule has 1 heteroatoms. The van der Waals surface area contributed by atoms with Gasteiger partial charge in [0.15, 0.2) is 0 Å². The fraction of sp³-hybridized carbons (Fsp3) is 0.467. The minimum atomic E-state index is 0.245. The lowest BCUT2D eigenvalue weighted by molar-refractivity contribution is 0.0213. The molecule has 1 aliphatic rings. The van der Waals surface area contributed by atoms with Gasteiger partial charge >= 0.3 is 0 Å². The number of hydrogen-bond donors (Lipinski definition) is 0. The van der Waals surface area contributed by atoms with Gasteiger partial charge in [-0.05, 0) is 23.8 Å². The topological polar surface area (TPSA) is 9.23 Å². The first-order valence-corrected chi connectivity index (χ1v) is 5.95. The molecule has 0 aromatic heterocycles. The van der Waals surface area contributed by atoms with Crippen LogP contribution in [0.25, 0.3) is 0 Å². The van der Waals surface area contributed by atoms with Crippen molar-refractivity contribution in [3.8, 4) is 0 Å². The quantitative estimate of drug-likeness (QED) is 0.691. The van der Waals surface area contributed by atoms with Crippen LogP contribution in [0.1, 0.15) is 38.4 Å². The van der Waals surface area contributed by atoms with E-state index >= 15 is 0 Å². The largest absolute Gasteiger partial charge is 0.369 e. The SMILES string of the molecule is C=CC[C@H]1O[C@H](c2ccccc2)CC1(C)C. The Hall–Kier alpha value is -1.08. The smallest absolute Gasteiger partial charge is 0.0835 e. The molecule has 0 radical (unpaired) electrons. The number of ether oxygens (including phenoxy) is 1. The zero-order chi connectivity index (χ0) is 11.6. The molecule has 0 amide bonds. The van der Waals surface area contributed by atoms with E-state index in [0.29, 0.717) is 6.10 Å². The Labute approximate surface area is 98.1 Å². The van der Waals surface area contributed by atoms with Crippen LogP contribution < -0.4 is 0 Å². The van der Waals surface area contributed by atoms with E-state index in [1.807, 2.05) is 12.1 Å². The van der Waals surface area contributed by atoms with Gasteiger partial charge in [-0.1, -0.05) is 50.3 Å². The normalized spacial score (nSPS) is 27.9. The van der Waals surface area contributed by atoms with Gasteiger partial charge < -0.3 is 4.74 Å². The Morgan fingerprint density at radius 1 is 1.38 bits per heavy atom. The third kappa shape index (κ3) is 2.19. The Bertz CT molecular complexity index is 353. The first-order valence-electron chi connectivity index (χ1n) is 5.95. The number of benzene rings is 1. The molecule has 2 rings (SSSR count). The summed E-state index contributed by atoms with van der Waals surface area (Å²) in [6, 6.07) is 10.5. The Morgan fingerprint density at radius 3 is 2.69 bits per heavy atom. The summed E-state index contributed by atoms with van der Waals surface area (Å²) in [5, 5.41) is 0. The number of hydrogen-bond acceptors (Lipinski definition) is 1. The molecule has 1 aliphatic heterocycles. The van der Waals surface area contributed by atoms with Crippen LogP contribution in [0.4, 0.5) is 0 Å². The van der Waals surface area contributed by atoms with Crippen LogP contribution in [-0.4, -0.2) is 6.10 Å². The molecule has 1 saturated heterocycles. The van der Waals surface area contributed by atoms with Gasteiger partial charge in [-0.25, -0.2) is 0 Å². The lowest BCUT2D eigenvalue weighted by Gasteiger charge is -2.23. The van der Waals surface area contributed by atoms with Crippen molar-refractivity contribution >= 4 is 0 Å². The van der Waals surface area contributed by atoms with Crippen molar-refractivity contribution in [2.24, 2.45) is 5.41 Å². The zero-order valence-corrected chi connectivity index (χ0v) is 10.1.